The maximum absolute atomic E-state index is 5.82. The zero-order chi connectivity index (χ0) is 12.1. The number of benzene rings is 1. The topological polar surface area (TPSA) is 62.9 Å². The summed E-state index contributed by atoms with van der Waals surface area (Å²) in [6.45, 7) is 0. The summed E-state index contributed by atoms with van der Waals surface area (Å²) in [7, 11) is 6.21. The zero-order valence-electron chi connectivity index (χ0n) is 9.94. The summed E-state index contributed by atoms with van der Waals surface area (Å²) in [4.78, 5) is 0. The van der Waals surface area contributed by atoms with Crippen molar-refractivity contribution in [1.82, 2.24) is 0 Å². The average molecular weight is 227 g/mol. The molecule has 0 amide bonds. The maximum Gasteiger partial charge on any atom is 0.138 e. The molecule has 0 aliphatic rings. The Morgan fingerprint density at radius 2 is 1.44 bits per heavy atom. The highest BCUT2D eigenvalue weighted by atomic mass is 16.5. The van der Waals surface area contributed by atoms with Gasteiger partial charge in [-0.3, -0.25) is 0 Å². The van der Waals surface area contributed by atoms with Crippen LogP contribution in [0, 0.1) is 0 Å². The number of methoxy groups -OCH3 is 4. The second-order valence-corrected chi connectivity index (χ2v) is 3.10. The first-order chi connectivity index (χ1) is 7.67. The first-order valence-electron chi connectivity index (χ1n) is 4.76. The van der Waals surface area contributed by atoms with E-state index in [1.165, 1.54) is 7.11 Å². The normalized spacial score (nSPS) is 12.1. The Morgan fingerprint density at radius 3 is 1.75 bits per heavy atom. The third-order valence-corrected chi connectivity index (χ3v) is 2.29. The van der Waals surface area contributed by atoms with Crippen molar-refractivity contribution in [2.45, 2.75) is 6.23 Å². The summed E-state index contributed by atoms with van der Waals surface area (Å²) in [5.41, 5.74) is 6.48. The van der Waals surface area contributed by atoms with Crippen molar-refractivity contribution in [3.8, 4) is 17.2 Å². The number of hydrogen-bond acceptors (Lipinski definition) is 5. The lowest BCUT2D eigenvalue weighted by atomic mass is 10.1. The van der Waals surface area contributed by atoms with E-state index < -0.39 is 6.23 Å². The summed E-state index contributed by atoms with van der Waals surface area (Å²) in [5.74, 6) is 1.79. The molecule has 1 aromatic carbocycles. The van der Waals surface area contributed by atoms with Crippen LogP contribution in [0.3, 0.4) is 0 Å². The zero-order valence-corrected chi connectivity index (χ0v) is 9.94. The van der Waals surface area contributed by atoms with Crippen LogP contribution in [0.1, 0.15) is 11.8 Å². The molecular formula is C11H17NO4. The molecule has 16 heavy (non-hydrogen) atoms. The Balaban J connectivity index is 3.31. The predicted octanol–water partition coefficient (Wildman–Crippen LogP) is 1.32. The maximum atomic E-state index is 5.82. The lowest BCUT2D eigenvalue weighted by Crippen LogP contribution is -2.14. The van der Waals surface area contributed by atoms with Gasteiger partial charge in [0.1, 0.15) is 23.5 Å². The molecule has 5 heteroatoms. The highest BCUT2D eigenvalue weighted by Gasteiger charge is 2.19. The van der Waals surface area contributed by atoms with Crippen LogP contribution in [-0.2, 0) is 4.74 Å². The molecule has 0 fully saturated rings. The number of ether oxygens (including phenoxy) is 4. The van der Waals surface area contributed by atoms with Gasteiger partial charge in [0.15, 0.2) is 0 Å². The summed E-state index contributed by atoms with van der Waals surface area (Å²) in [6.07, 6.45) is -0.601. The van der Waals surface area contributed by atoms with Gasteiger partial charge in [0.05, 0.1) is 26.9 Å². The second-order valence-electron chi connectivity index (χ2n) is 3.10. The van der Waals surface area contributed by atoms with Crippen LogP contribution in [-0.4, -0.2) is 28.4 Å². The van der Waals surface area contributed by atoms with Gasteiger partial charge >= 0.3 is 0 Å². The molecule has 1 atom stereocenters. The molecule has 1 aromatic rings. The van der Waals surface area contributed by atoms with Gasteiger partial charge < -0.3 is 24.7 Å². The number of rotatable bonds is 5. The van der Waals surface area contributed by atoms with Crippen molar-refractivity contribution in [3.63, 3.8) is 0 Å². The molecule has 1 unspecified atom stereocenters. The van der Waals surface area contributed by atoms with E-state index >= 15 is 0 Å². The first kappa shape index (κ1) is 12.6. The van der Waals surface area contributed by atoms with Crippen molar-refractivity contribution in [3.05, 3.63) is 17.7 Å². The molecule has 0 aliphatic heterocycles. The Morgan fingerprint density at radius 1 is 0.938 bits per heavy atom. The van der Waals surface area contributed by atoms with Crippen LogP contribution < -0.4 is 19.9 Å². The van der Waals surface area contributed by atoms with Crippen LogP contribution in [0.15, 0.2) is 12.1 Å². The second kappa shape index (κ2) is 5.58. The van der Waals surface area contributed by atoms with Crippen molar-refractivity contribution in [2.24, 2.45) is 5.73 Å². The molecule has 0 bridgehead atoms. The van der Waals surface area contributed by atoms with Gasteiger partial charge in [-0.2, -0.15) is 0 Å². The van der Waals surface area contributed by atoms with Crippen LogP contribution in [0.5, 0.6) is 17.2 Å². The molecule has 0 saturated heterocycles. The van der Waals surface area contributed by atoms with Gasteiger partial charge in [-0.05, 0) is 0 Å². The van der Waals surface area contributed by atoms with E-state index in [9.17, 15) is 0 Å². The van der Waals surface area contributed by atoms with Crippen LogP contribution in [0.4, 0.5) is 0 Å². The number of hydrogen-bond donors (Lipinski definition) is 1. The van der Waals surface area contributed by atoms with E-state index in [0.29, 0.717) is 22.8 Å². The third kappa shape index (κ3) is 2.37. The minimum Gasteiger partial charge on any atom is -0.496 e. The molecule has 1 rings (SSSR count). The standard InChI is InChI=1S/C11H17NO4/c1-13-7-5-8(14-2)10(11(12)16-4)9(6-7)15-3/h5-6,11H,12H2,1-4H3. The summed E-state index contributed by atoms with van der Waals surface area (Å²) < 4.78 is 20.7. The fourth-order valence-corrected chi connectivity index (χ4v) is 1.43. The molecule has 0 radical (unpaired) electrons. The smallest absolute Gasteiger partial charge is 0.138 e. The Labute approximate surface area is 95.1 Å². The average Bonchev–Trinajstić information content (AvgIpc) is 2.35. The van der Waals surface area contributed by atoms with E-state index in [4.69, 9.17) is 24.7 Å². The Bertz CT molecular complexity index is 329. The number of nitrogens with two attached hydrogens (primary N) is 1. The molecule has 2 N–H and O–H groups in total. The molecule has 0 aromatic heterocycles. The van der Waals surface area contributed by atoms with Crippen molar-refractivity contribution < 1.29 is 18.9 Å². The highest BCUT2D eigenvalue weighted by molar-refractivity contribution is 5.51. The molecule has 0 spiro atoms. The van der Waals surface area contributed by atoms with Crippen LogP contribution >= 0.6 is 0 Å². The lowest BCUT2D eigenvalue weighted by Gasteiger charge is -2.18. The molecule has 0 saturated carbocycles. The first-order valence-corrected chi connectivity index (χ1v) is 4.76. The minimum absolute atomic E-state index is 0.575. The van der Waals surface area contributed by atoms with Crippen molar-refractivity contribution in [1.29, 1.82) is 0 Å². The monoisotopic (exact) mass is 227 g/mol. The van der Waals surface area contributed by atoms with Crippen LogP contribution in [0.25, 0.3) is 0 Å². The van der Waals surface area contributed by atoms with Gasteiger partial charge in [0, 0.05) is 19.2 Å². The molecule has 5 nitrogen and oxygen atoms in total. The molecule has 0 heterocycles. The van der Waals surface area contributed by atoms with E-state index in [2.05, 4.69) is 0 Å². The van der Waals surface area contributed by atoms with Crippen molar-refractivity contribution in [2.75, 3.05) is 28.4 Å². The molecule has 90 valence electrons. The van der Waals surface area contributed by atoms with Gasteiger partial charge in [0.25, 0.3) is 0 Å². The van der Waals surface area contributed by atoms with Gasteiger partial charge in [-0.1, -0.05) is 0 Å². The Hall–Kier alpha value is -1.46. The summed E-state index contributed by atoms with van der Waals surface area (Å²) >= 11 is 0. The van der Waals surface area contributed by atoms with Gasteiger partial charge in [-0.25, -0.2) is 0 Å². The van der Waals surface area contributed by atoms with Gasteiger partial charge in [-0.15, -0.1) is 0 Å². The van der Waals surface area contributed by atoms with Gasteiger partial charge in [0.2, 0.25) is 0 Å². The molecule has 0 aliphatic carbocycles. The minimum atomic E-state index is -0.601. The van der Waals surface area contributed by atoms with E-state index in [1.54, 1.807) is 33.5 Å². The summed E-state index contributed by atoms with van der Waals surface area (Å²) in [6, 6.07) is 3.47. The lowest BCUT2D eigenvalue weighted by molar-refractivity contribution is 0.104. The Kier molecular flexibility index (Phi) is 4.39. The van der Waals surface area contributed by atoms with Crippen molar-refractivity contribution >= 4 is 0 Å². The summed E-state index contributed by atoms with van der Waals surface area (Å²) in [5, 5.41) is 0. The largest absolute Gasteiger partial charge is 0.496 e. The van der Waals surface area contributed by atoms with Crippen LogP contribution in [0.2, 0.25) is 0 Å². The quantitative estimate of drug-likeness (QED) is 0.768. The van der Waals surface area contributed by atoms with E-state index in [-0.39, 0.29) is 0 Å². The molecular weight excluding hydrogens is 210 g/mol. The van der Waals surface area contributed by atoms with E-state index in [0.717, 1.165) is 0 Å². The highest BCUT2D eigenvalue weighted by Crippen LogP contribution is 2.37. The fraction of sp³-hybridized carbons (Fsp3) is 0.455. The SMILES string of the molecule is COc1cc(OC)c(C(N)OC)c(OC)c1. The third-order valence-electron chi connectivity index (χ3n) is 2.29. The predicted molar refractivity (Wildman–Crippen MR) is 60.0 cm³/mol. The fourth-order valence-electron chi connectivity index (χ4n) is 1.43. The van der Waals surface area contributed by atoms with E-state index in [1.807, 2.05) is 0 Å².